The molecular weight excluding hydrogens is 216 g/mol. The summed E-state index contributed by atoms with van der Waals surface area (Å²) in [7, 11) is 2.00. The predicted octanol–water partition coefficient (Wildman–Crippen LogP) is 0.931. The van der Waals surface area contributed by atoms with E-state index in [1.54, 1.807) is 0 Å². The maximum Gasteiger partial charge on any atom is 0.0956 e. The summed E-state index contributed by atoms with van der Waals surface area (Å²) in [6, 6.07) is 1.97. The molecule has 17 heavy (non-hydrogen) atoms. The van der Waals surface area contributed by atoms with Crippen LogP contribution >= 0.6 is 0 Å². The number of aryl methyl sites for hydroxylation is 1. The lowest BCUT2D eigenvalue weighted by Crippen LogP contribution is -2.08. The van der Waals surface area contributed by atoms with Gasteiger partial charge >= 0.3 is 0 Å². The standard InChI is InChI=1S/C12H16N4O/c1-16-7-14-10-4-9(5-13)15-11(12(10)16)8-2-3-17-6-8/h4,7-8H,2-3,5-6,13H2,1H3. The summed E-state index contributed by atoms with van der Waals surface area (Å²) in [5.41, 5.74) is 9.76. The number of rotatable bonds is 2. The van der Waals surface area contributed by atoms with Crippen molar-refractivity contribution in [3.8, 4) is 0 Å². The van der Waals surface area contributed by atoms with Crippen LogP contribution in [-0.4, -0.2) is 27.7 Å². The molecule has 1 atom stereocenters. The summed E-state index contributed by atoms with van der Waals surface area (Å²) in [5.74, 6) is 0.374. The number of hydrogen-bond acceptors (Lipinski definition) is 4. The molecule has 3 rings (SSSR count). The topological polar surface area (TPSA) is 66.0 Å². The number of nitrogens with two attached hydrogens (primary N) is 1. The Balaban J connectivity index is 2.21. The van der Waals surface area contributed by atoms with Crippen molar-refractivity contribution in [2.75, 3.05) is 13.2 Å². The molecular formula is C12H16N4O. The van der Waals surface area contributed by atoms with Gasteiger partial charge in [-0.1, -0.05) is 0 Å². The van der Waals surface area contributed by atoms with Crippen LogP contribution < -0.4 is 5.73 Å². The fourth-order valence-electron chi connectivity index (χ4n) is 2.40. The highest BCUT2D eigenvalue weighted by Gasteiger charge is 2.23. The van der Waals surface area contributed by atoms with Crippen LogP contribution in [0.2, 0.25) is 0 Å². The molecule has 1 saturated heterocycles. The van der Waals surface area contributed by atoms with Gasteiger partial charge in [0.25, 0.3) is 0 Å². The van der Waals surface area contributed by atoms with Gasteiger partial charge in [-0.25, -0.2) is 4.98 Å². The van der Waals surface area contributed by atoms with E-state index in [2.05, 4.69) is 9.97 Å². The number of fused-ring (bicyclic) bond motifs is 1. The fourth-order valence-corrected chi connectivity index (χ4v) is 2.40. The first-order valence-corrected chi connectivity index (χ1v) is 5.88. The van der Waals surface area contributed by atoms with E-state index in [9.17, 15) is 0 Å². The van der Waals surface area contributed by atoms with Gasteiger partial charge < -0.3 is 15.0 Å². The van der Waals surface area contributed by atoms with Gasteiger partial charge in [0.15, 0.2) is 0 Å². The summed E-state index contributed by atoms with van der Waals surface area (Å²) < 4.78 is 7.47. The van der Waals surface area contributed by atoms with Crippen LogP contribution in [0.4, 0.5) is 0 Å². The van der Waals surface area contributed by atoms with Gasteiger partial charge in [0.1, 0.15) is 0 Å². The van der Waals surface area contributed by atoms with Crippen molar-refractivity contribution in [3.63, 3.8) is 0 Å². The van der Waals surface area contributed by atoms with Crippen molar-refractivity contribution < 1.29 is 4.74 Å². The molecule has 1 fully saturated rings. The largest absolute Gasteiger partial charge is 0.381 e. The number of ether oxygens (including phenoxy) is 1. The third-order valence-electron chi connectivity index (χ3n) is 3.30. The lowest BCUT2D eigenvalue weighted by atomic mass is 10.0. The minimum absolute atomic E-state index is 0.374. The summed E-state index contributed by atoms with van der Waals surface area (Å²) in [4.78, 5) is 9.05. The first-order chi connectivity index (χ1) is 8.29. The van der Waals surface area contributed by atoms with Gasteiger partial charge in [-0.05, 0) is 12.5 Å². The Kier molecular flexibility index (Phi) is 2.57. The van der Waals surface area contributed by atoms with Crippen LogP contribution in [0.15, 0.2) is 12.4 Å². The Morgan fingerprint density at radius 2 is 2.47 bits per heavy atom. The lowest BCUT2D eigenvalue weighted by molar-refractivity contribution is 0.193. The Bertz CT molecular complexity index is 543. The highest BCUT2D eigenvalue weighted by Crippen LogP contribution is 2.29. The molecule has 0 saturated carbocycles. The van der Waals surface area contributed by atoms with Gasteiger partial charge in [-0.2, -0.15) is 0 Å². The van der Waals surface area contributed by atoms with E-state index in [0.29, 0.717) is 12.5 Å². The van der Waals surface area contributed by atoms with Crippen LogP contribution in [0.25, 0.3) is 11.0 Å². The monoisotopic (exact) mass is 232 g/mol. The maximum absolute atomic E-state index is 5.69. The number of imidazole rings is 1. The fraction of sp³-hybridized carbons (Fsp3) is 0.500. The predicted molar refractivity (Wildman–Crippen MR) is 64.6 cm³/mol. The molecule has 0 spiro atoms. The van der Waals surface area contributed by atoms with Gasteiger partial charge in [0.2, 0.25) is 0 Å². The second-order valence-corrected chi connectivity index (χ2v) is 4.49. The molecule has 1 unspecified atom stereocenters. The number of hydrogen-bond donors (Lipinski definition) is 1. The van der Waals surface area contributed by atoms with E-state index < -0.39 is 0 Å². The summed E-state index contributed by atoms with van der Waals surface area (Å²) >= 11 is 0. The smallest absolute Gasteiger partial charge is 0.0956 e. The minimum Gasteiger partial charge on any atom is -0.381 e. The van der Waals surface area contributed by atoms with Crippen molar-refractivity contribution >= 4 is 11.0 Å². The number of aromatic nitrogens is 3. The average Bonchev–Trinajstić information content (AvgIpc) is 2.98. The highest BCUT2D eigenvalue weighted by atomic mass is 16.5. The third-order valence-corrected chi connectivity index (χ3v) is 3.30. The van der Waals surface area contributed by atoms with Crippen LogP contribution in [0, 0.1) is 0 Å². The molecule has 0 radical (unpaired) electrons. The zero-order chi connectivity index (χ0) is 11.8. The first kappa shape index (κ1) is 10.7. The Labute approximate surface area is 99.6 Å². The zero-order valence-corrected chi connectivity index (χ0v) is 9.89. The maximum atomic E-state index is 5.69. The zero-order valence-electron chi connectivity index (χ0n) is 9.89. The molecule has 90 valence electrons. The normalized spacial score (nSPS) is 20.2. The van der Waals surface area contributed by atoms with Gasteiger partial charge in [0, 0.05) is 26.1 Å². The second-order valence-electron chi connectivity index (χ2n) is 4.49. The number of pyridine rings is 1. The summed E-state index contributed by atoms with van der Waals surface area (Å²) in [6.45, 7) is 2.02. The average molecular weight is 232 g/mol. The molecule has 0 bridgehead atoms. The molecule has 3 heterocycles. The van der Waals surface area contributed by atoms with E-state index in [-0.39, 0.29) is 0 Å². The van der Waals surface area contributed by atoms with Crippen LogP contribution in [0.5, 0.6) is 0 Å². The minimum atomic E-state index is 0.374. The lowest BCUT2D eigenvalue weighted by Gasteiger charge is -2.11. The molecule has 0 aliphatic carbocycles. The summed E-state index contributed by atoms with van der Waals surface area (Å²) in [6.07, 6.45) is 2.85. The molecule has 2 aromatic heterocycles. The Morgan fingerprint density at radius 1 is 1.59 bits per heavy atom. The molecule has 2 aromatic rings. The number of nitrogens with zero attached hydrogens (tertiary/aromatic N) is 3. The van der Waals surface area contributed by atoms with E-state index in [0.717, 1.165) is 42.1 Å². The molecule has 2 N–H and O–H groups in total. The SMILES string of the molecule is Cn1cnc2cc(CN)nc(C3CCOC3)c21. The quantitative estimate of drug-likeness (QED) is 0.836. The molecule has 0 amide bonds. The van der Waals surface area contributed by atoms with Crippen molar-refractivity contribution in [3.05, 3.63) is 23.8 Å². The van der Waals surface area contributed by atoms with E-state index >= 15 is 0 Å². The third kappa shape index (κ3) is 1.71. The van der Waals surface area contributed by atoms with Crippen LogP contribution in [-0.2, 0) is 18.3 Å². The van der Waals surface area contributed by atoms with Crippen LogP contribution in [0.3, 0.4) is 0 Å². The molecule has 1 aliphatic heterocycles. The van der Waals surface area contributed by atoms with E-state index in [1.807, 2.05) is 24.0 Å². The van der Waals surface area contributed by atoms with Crippen molar-refractivity contribution in [1.82, 2.24) is 14.5 Å². The molecule has 5 nitrogen and oxygen atoms in total. The van der Waals surface area contributed by atoms with Crippen LogP contribution in [0.1, 0.15) is 23.7 Å². The van der Waals surface area contributed by atoms with E-state index in [4.69, 9.17) is 10.5 Å². The first-order valence-electron chi connectivity index (χ1n) is 5.88. The molecule has 1 aliphatic rings. The van der Waals surface area contributed by atoms with Crippen molar-refractivity contribution in [1.29, 1.82) is 0 Å². The van der Waals surface area contributed by atoms with Crippen molar-refractivity contribution in [2.24, 2.45) is 12.8 Å². The van der Waals surface area contributed by atoms with Gasteiger partial charge in [0.05, 0.1) is 35.4 Å². The van der Waals surface area contributed by atoms with Crippen molar-refractivity contribution in [2.45, 2.75) is 18.9 Å². The highest BCUT2D eigenvalue weighted by molar-refractivity contribution is 5.78. The van der Waals surface area contributed by atoms with E-state index in [1.165, 1.54) is 0 Å². The van der Waals surface area contributed by atoms with Gasteiger partial charge in [-0.15, -0.1) is 0 Å². The second kappa shape index (κ2) is 4.09. The summed E-state index contributed by atoms with van der Waals surface area (Å²) in [5, 5.41) is 0. The molecule has 5 heteroatoms. The Morgan fingerprint density at radius 3 is 3.18 bits per heavy atom. The van der Waals surface area contributed by atoms with Gasteiger partial charge in [-0.3, -0.25) is 4.98 Å². The Hall–Kier alpha value is -1.46. The molecule has 0 aromatic carbocycles.